The van der Waals surface area contributed by atoms with E-state index in [0.29, 0.717) is 12.8 Å². The molecular weight excluding hydrogens is 930 g/mol. The fourth-order valence-corrected chi connectivity index (χ4v) is 9.91. The number of rotatable bonds is 26. The van der Waals surface area contributed by atoms with Crippen molar-refractivity contribution in [1.82, 2.24) is 0 Å². The predicted molar refractivity (Wildman–Crippen MR) is 251 cm³/mol. The normalized spacial score (nSPS) is 30.6. The molecule has 1 aliphatic heterocycles. The maximum atomic E-state index is 13.9. The van der Waals surface area contributed by atoms with Crippen molar-refractivity contribution in [3.05, 3.63) is 24.3 Å². The first-order valence-electron chi connectivity index (χ1n) is 25.0. The van der Waals surface area contributed by atoms with Gasteiger partial charge in [-0.3, -0.25) is 28.0 Å². The molecule has 0 radical (unpaired) electrons. The molecule has 2 bridgehead atoms. The second-order valence-corrected chi connectivity index (χ2v) is 20.9. The molecule has 1 saturated carbocycles. The van der Waals surface area contributed by atoms with E-state index in [1.54, 1.807) is 6.08 Å². The maximum absolute atomic E-state index is 13.9. The van der Waals surface area contributed by atoms with Gasteiger partial charge < -0.3 is 54.8 Å². The number of aliphatic hydroxyl groups excluding tert-OH is 6. The Hall–Kier alpha value is -1.93. The zero-order valence-corrected chi connectivity index (χ0v) is 42.0. The van der Waals surface area contributed by atoms with Gasteiger partial charge in [0.2, 0.25) is 0 Å². The molecule has 1 fully saturated rings. The molecule has 0 aromatic carbocycles. The van der Waals surface area contributed by atoms with Gasteiger partial charge in [-0.05, 0) is 32.1 Å². The van der Waals surface area contributed by atoms with Gasteiger partial charge in [-0.15, -0.1) is 0 Å². The monoisotopic (exact) mass is 1010 g/mol. The highest BCUT2D eigenvalue weighted by atomic mass is 31.2. The lowest BCUT2D eigenvalue weighted by Crippen LogP contribution is -2.56. The summed E-state index contributed by atoms with van der Waals surface area (Å²) in [6, 6.07) is 0. The first-order valence-corrected chi connectivity index (χ1v) is 28.0. The number of hydrogen-bond acceptors (Lipinski definition) is 16. The molecular formula is C47H84O19P2. The third-order valence-electron chi connectivity index (χ3n) is 12.4. The number of esters is 2. The molecule has 0 aromatic rings. The second kappa shape index (κ2) is 34.4. The van der Waals surface area contributed by atoms with Crippen LogP contribution in [-0.4, -0.2) is 131 Å². The van der Waals surface area contributed by atoms with Gasteiger partial charge in [0.05, 0.1) is 36.9 Å². The summed E-state index contributed by atoms with van der Waals surface area (Å²) in [5.74, 6) is -5.76. The van der Waals surface area contributed by atoms with Crippen molar-refractivity contribution in [3.8, 4) is 0 Å². The Morgan fingerprint density at radius 1 is 0.824 bits per heavy atom. The average Bonchev–Trinajstić information content (AvgIpc) is 3.28. The molecule has 1 unspecified atom stereocenters. The zero-order valence-electron chi connectivity index (χ0n) is 40.3. The minimum atomic E-state index is -5.79. The number of hydrogen-bond donors (Lipinski definition) is 9. The minimum absolute atomic E-state index is 0.0547. The average molecular weight is 1020 g/mol. The molecule has 68 heavy (non-hydrogen) atoms. The molecule has 1 aliphatic carbocycles. The number of Topliss-reactive ketones (excluding diaryl/α,β-unsaturated/α-hetero) is 1. The molecule has 0 spiro atoms. The minimum Gasteiger partial charge on any atom is -0.462 e. The van der Waals surface area contributed by atoms with Crippen molar-refractivity contribution in [2.75, 3.05) is 13.2 Å². The number of carbonyl (C=O) groups excluding carboxylic acids is 3. The van der Waals surface area contributed by atoms with Crippen LogP contribution in [0.25, 0.3) is 0 Å². The van der Waals surface area contributed by atoms with E-state index in [1.165, 1.54) is 70.3 Å². The summed E-state index contributed by atoms with van der Waals surface area (Å²) < 4.78 is 52.0. The summed E-state index contributed by atoms with van der Waals surface area (Å²) in [6.07, 6.45) is 4.51. The van der Waals surface area contributed by atoms with E-state index in [2.05, 4.69) is 6.92 Å². The fraction of sp³-hybridized carbons (Fsp3) is 0.851. The van der Waals surface area contributed by atoms with Crippen LogP contribution in [0, 0.1) is 11.8 Å². The summed E-state index contributed by atoms with van der Waals surface area (Å²) in [5.41, 5.74) is 0. The van der Waals surface area contributed by atoms with Crippen LogP contribution in [-0.2, 0) is 46.6 Å². The van der Waals surface area contributed by atoms with Gasteiger partial charge in [-0.25, -0.2) is 9.13 Å². The number of phosphoric ester groups is 2. The van der Waals surface area contributed by atoms with E-state index in [9.17, 15) is 68.8 Å². The molecule has 0 saturated heterocycles. The van der Waals surface area contributed by atoms with E-state index in [4.69, 9.17) is 23.0 Å². The zero-order chi connectivity index (χ0) is 50.5. The predicted octanol–water partition coefficient (Wildman–Crippen LogP) is 6.32. The highest BCUT2D eigenvalue weighted by Crippen LogP contribution is 2.49. The van der Waals surface area contributed by atoms with E-state index in [-0.39, 0.29) is 38.5 Å². The van der Waals surface area contributed by atoms with Crippen LogP contribution in [0.5, 0.6) is 0 Å². The summed E-state index contributed by atoms with van der Waals surface area (Å²) in [4.78, 5) is 70.5. The molecule has 396 valence electrons. The third-order valence-corrected chi connectivity index (χ3v) is 13.9. The van der Waals surface area contributed by atoms with E-state index < -0.39 is 120 Å². The van der Waals surface area contributed by atoms with Crippen LogP contribution in [0.3, 0.4) is 0 Å². The van der Waals surface area contributed by atoms with Crippen LogP contribution >= 0.6 is 15.6 Å². The summed E-state index contributed by atoms with van der Waals surface area (Å²) >= 11 is 0. The number of unbranched alkanes of at least 4 members (excludes halogenated alkanes) is 16. The molecule has 0 aromatic heterocycles. The molecule has 0 amide bonds. The number of ether oxygens (including phenoxy) is 2. The number of aliphatic hydroxyl groups is 6. The number of allylic oxidation sites excluding steroid dienone is 2. The van der Waals surface area contributed by atoms with Crippen LogP contribution in [0.15, 0.2) is 24.3 Å². The Labute approximate surface area is 402 Å². The van der Waals surface area contributed by atoms with Crippen molar-refractivity contribution < 1.29 is 91.9 Å². The molecule has 9 N–H and O–H groups in total. The Balaban J connectivity index is 2.28. The van der Waals surface area contributed by atoms with Gasteiger partial charge in [0.15, 0.2) is 6.10 Å². The molecule has 2 aliphatic rings. The van der Waals surface area contributed by atoms with Gasteiger partial charge in [0.1, 0.15) is 36.8 Å². The standard InChI is InChI=1S/C47H84O19P2/c1-3-5-7-8-9-10-11-12-13-14-15-16-17-18-23-27-40(51)62-32-35-33-63-68(60,61)66-47-45(56)44(55)42(53)36(26-22-19-20-24-28-41(52)64-35)38(49)31-39(50)37(30-29-34(48)25-21-6-4-2)43(54)46(47)65-67(57,58)59/h19,22,29-30,34-38,42-49,53-56H,3-18,20-21,23-28,31-33H2,1-2H3,(H,60,61)(H2,57,58,59)/b22-19-,30-29+/t34-,35+,36-,37-,38-,42+,43+,44-,45+,46+,47-/m0/s1. The highest BCUT2D eigenvalue weighted by Gasteiger charge is 2.51. The largest absolute Gasteiger partial charge is 0.472 e. The van der Waals surface area contributed by atoms with Gasteiger partial charge in [0, 0.05) is 25.2 Å². The van der Waals surface area contributed by atoms with Crippen molar-refractivity contribution >= 4 is 33.4 Å². The summed E-state index contributed by atoms with van der Waals surface area (Å²) in [5, 5.41) is 67.9. The number of phosphoric acid groups is 2. The van der Waals surface area contributed by atoms with E-state index >= 15 is 0 Å². The van der Waals surface area contributed by atoms with Crippen LogP contribution in [0.1, 0.15) is 174 Å². The SMILES string of the molecule is CCCCCCCCCCCCCCCCCC(=O)OC[C@@H]1COP(=O)(O)O[C@H]2[C@H](O)[C@@H](O)[C@H](O)[C@@H](C/C=C\CCCC(=O)O1)[C@@H](O)CC(=O)[C@H](/C=C/[C@@H](O)CCCCC)[C@@H](O)[C@H]2OP(=O)(O)O. The first kappa shape index (κ1) is 62.2. The highest BCUT2D eigenvalue weighted by molar-refractivity contribution is 7.47. The first-order chi connectivity index (χ1) is 32.3. The van der Waals surface area contributed by atoms with Gasteiger partial charge >= 0.3 is 27.6 Å². The van der Waals surface area contributed by atoms with Crippen LogP contribution in [0.2, 0.25) is 0 Å². The molecule has 2 rings (SSSR count). The molecule has 19 nitrogen and oxygen atoms in total. The van der Waals surface area contributed by atoms with Crippen molar-refractivity contribution in [2.45, 2.75) is 229 Å². The third kappa shape index (κ3) is 26.0. The number of carbonyl (C=O) groups is 3. The lowest BCUT2D eigenvalue weighted by molar-refractivity contribution is -0.165. The van der Waals surface area contributed by atoms with Crippen molar-refractivity contribution in [2.24, 2.45) is 11.8 Å². The Kier molecular flexibility index (Phi) is 31.5. The van der Waals surface area contributed by atoms with E-state index in [0.717, 1.165) is 50.7 Å². The fourth-order valence-electron chi connectivity index (χ4n) is 8.38. The number of cyclic esters (lactones) is 1. The lowest BCUT2D eigenvalue weighted by Gasteiger charge is -2.38. The van der Waals surface area contributed by atoms with Crippen LogP contribution < -0.4 is 0 Å². The van der Waals surface area contributed by atoms with Crippen LogP contribution in [0.4, 0.5) is 0 Å². The summed E-state index contributed by atoms with van der Waals surface area (Å²) in [7, 11) is -11.5. The van der Waals surface area contributed by atoms with Crippen molar-refractivity contribution in [3.63, 3.8) is 0 Å². The van der Waals surface area contributed by atoms with E-state index in [1.807, 2.05) is 6.92 Å². The van der Waals surface area contributed by atoms with Crippen molar-refractivity contribution in [1.29, 1.82) is 0 Å². The maximum Gasteiger partial charge on any atom is 0.472 e. The Morgan fingerprint density at radius 2 is 1.40 bits per heavy atom. The Morgan fingerprint density at radius 3 is 1.99 bits per heavy atom. The Bertz CT molecular complexity index is 1570. The van der Waals surface area contributed by atoms with Gasteiger partial charge in [-0.1, -0.05) is 147 Å². The molecule has 12 atom stereocenters. The van der Waals surface area contributed by atoms with Gasteiger partial charge in [0.25, 0.3) is 0 Å². The summed E-state index contributed by atoms with van der Waals surface area (Å²) in [6.45, 7) is 2.56. The number of ketones is 1. The molecule has 1 heterocycles. The molecule has 21 heteroatoms. The smallest absolute Gasteiger partial charge is 0.462 e. The number of fused-ring (bicyclic) bond motifs is 4. The second-order valence-electron chi connectivity index (χ2n) is 18.3. The topological polar surface area (TPSA) is 314 Å². The quantitative estimate of drug-likeness (QED) is 0.0198. The lowest BCUT2D eigenvalue weighted by atomic mass is 9.83. The van der Waals surface area contributed by atoms with Gasteiger partial charge in [-0.2, -0.15) is 0 Å².